The van der Waals surface area contributed by atoms with Crippen LogP contribution in [0.1, 0.15) is 31.2 Å². The Kier molecular flexibility index (Phi) is 8.15. The Morgan fingerprint density at radius 1 is 1.29 bits per heavy atom. The summed E-state index contributed by atoms with van der Waals surface area (Å²) in [5.74, 6) is 0.0178. The molecular formula is C24H28ClN3O6S. The van der Waals surface area contributed by atoms with Crippen LogP contribution in [0.4, 0.5) is 21.0 Å². The Bertz CT molecular complexity index is 1090. The van der Waals surface area contributed by atoms with Gasteiger partial charge in [-0.15, -0.1) is 0 Å². The summed E-state index contributed by atoms with van der Waals surface area (Å²) in [7, 11) is 0. The van der Waals surface area contributed by atoms with Crippen LogP contribution in [0.25, 0.3) is 0 Å². The number of anilines is 2. The first-order chi connectivity index (χ1) is 16.9. The molecule has 3 amide bonds. The number of ether oxygens (including phenoxy) is 2. The fourth-order valence-electron chi connectivity index (χ4n) is 4.42. The topological polar surface area (TPSA) is 108 Å². The van der Waals surface area contributed by atoms with E-state index in [0.717, 1.165) is 35.4 Å². The number of carbonyl (C=O) groups is 3. The van der Waals surface area contributed by atoms with Crippen LogP contribution in [-0.2, 0) is 9.53 Å². The Balaban J connectivity index is 1.35. The van der Waals surface area contributed by atoms with E-state index < -0.39 is 18.3 Å². The Hall–Kier alpha value is -2.82. The van der Waals surface area contributed by atoms with Gasteiger partial charge in [0.1, 0.15) is 6.10 Å². The van der Waals surface area contributed by atoms with Gasteiger partial charge in [0.05, 0.1) is 17.4 Å². The summed E-state index contributed by atoms with van der Waals surface area (Å²) in [6.45, 7) is 3.03. The molecule has 1 aromatic carbocycles. The zero-order chi connectivity index (χ0) is 24.9. The highest BCUT2D eigenvalue weighted by molar-refractivity contribution is 7.17. The summed E-state index contributed by atoms with van der Waals surface area (Å²) in [4.78, 5) is 40.8. The average molecular weight is 522 g/mol. The largest absolute Gasteiger partial charge is 0.442 e. The Labute approximate surface area is 212 Å². The third kappa shape index (κ3) is 6.06. The minimum Gasteiger partial charge on any atom is -0.442 e. The lowest BCUT2D eigenvalue weighted by atomic mass is 9.92. The van der Waals surface area contributed by atoms with E-state index in [1.54, 1.807) is 18.2 Å². The van der Waals surface area contributed by atoms with Gasteiger partial charge in [0.15, 0.2) is 5.06 Å². The van der Waals surface area contributed by atoms with E-state index in [9.17, 15) is 14.4 Å². The van der Waals surface area contributed by atoms with Crippen LogP contribution in [-0.4, -0.2) is 55.5 Å². The van der Waals surface area contributed by atoms with Crippen LogP contribution >= 0.6 is 22.9 Å². The van der Waals surface area contributed by atoms with Gasteiger partial charge in [-0.05, 0) is 68.5 Å². The number of nitrogens with one attached hydrogen (secondary N) is 1. The molecule has 2 aromatic rings. The summed E-state index contributed by atoms with van der Waals surface area (Å²) in [5, 5.41) is 12.1. The number of thiophene rings is 1. The maximum absolute atomic E-state index is 13.0. The molecular weight excluding hydrogens is 494 g/mol. The smallest absolute Gasteiger partial charge is 0.414 e. The second kappa shape index (κ2) is 11.3. The number of aliphatic hydroxyl groups excluding tert-OH is 1. The number of hydrogen-bond acceptors (Lipinski definition) is 7. The van der Waals surface area contributed by atoms with Crippen LogP contribution in [0.2, 0.25) is 4.34 Å². The van der Waals surface area contributed by atoms with Gasteiger partial charge in [-0.2, -0.15) is 0 Å². The summed E-state index contributed by atoms with van der Waals surface area (Å²) in [6.07, 6.45) is 1.39. The minimum absolute atomic E-state index is 0.0692. The lowest BCUT2D eigenvalue weighted by Crippen LogP contribution is -2.41. The zero-order valence-corrected chi connectivity index (χ0v) is 20.9. The number of halogens is 1. The third-order valence-corrected chi connectivity index (χ3v) is 7.24. The second-order valence-corrected chi connectivity index (χ2v) is 10.3. The van der Waals surface area contributed by atoms with Gasteiger partial charge >= 0.3 is 12.2 Å². The van der Waals surface area contributed by atoms with Crippen molar-refractivity contribution in [2.45, 2.75) is 38.7 Å². The number of piperidine rings is 1. The molecule has 2 aliphatic heterocycles. The number of cyclic esters (lactones) is 1. The van der Waals surface area contributed by atoms with Crippen LogP contribution in [0.15, 0.2) is 30.3 Å². The normalized spacial score (nSPS) is 20.2. The van der Waals surface area contributed by atoms with Crippen molar-refractivity contribution in [1.29, 1.82) is 0 Å². The number of nitrogens with zero attached hydrogens (tertiary/aromatic N) is 2. The zero-order valence-electron chi connectivity index (χ0n) is 19.4. The van der Waals surface area contributed by atoms with Crippen molar-refractivity contribution in [2.75, 3.05) is 36.0 Å². The van der Waals surface area contributed by atoms with Crippen molar-refractivity contribution in [2.24, 2.45) is 5.92 Å². The number of amides is 3. The molecule has 0 radical (unpaired) electrons. The van der Waals surface area contributed by atoms with E-state index in [0.29, 0.717) is 34.5 Å². The molecule has 1 aromatic heterocycles. The summed E-state index contributed by atoms with van der Waals surface area (Å²) < 4.78 is 11.1. The van der Waals surface area contributed by atoms with E-state index >= 15 is 0 Å². The van der Waals surface area contributed by atoms with Crippen molar-refractivity contribution in [3.63, 3.8) is 0 Å². The number of benzene rings is 1. The number of carbonyl (C=O) groups excluding carboxylic acids is 3. The summed E-state index contributed by atoms with van der Waals surface area (Å²) in [6, 6.07) is 8.77. The van der Waals surface area contributed by atoms with E-state index in [-0.39, 0.29) is 31.5 Å². The fourth-order valence-corrected chi connectivity index (χ4v) is 5.29. The van der Waals surface area contributed by atoms with Crippen LogP contribution in [0.3, 0.4) is 0 Å². The first-order valence-electron chi connectivity index (χ1n) is 11.6. The molecule has 188 valence electrons. The molecule has 2 N–H and O–H groups in total. The van der Waals surface area contributed by atoms with Gasteiger partial charge in [-0.25, -0.2) is 9.59 Å². The molecule has 0 bridgehead atoms. The lowest BCUT2D eigenvalue weighted by Gasteiger charge is -2.33. The Morgan fingerprint density at radius 2 is 2.11 bits per heavy atom. The predicted molar refractivity (Wildman–Crippen MR) is 134 cm³/mol. The highest BCUT2D eigenvalue weighted by Gasteiger charge is 2.34. The molecule has 3 heterocycles. The quantitative estimate of drug-likeness (QED) is 0.535. The minimum atomic E-state index is -0.651. The average Bonchev–Trinajstić information content (AvgIpc) is 3.41. The molecule has 11 heteroatoms. The molecule has 0 spiro atoms. The molecule has 2 aliphatic rings. The first kappa shape index (κ1) is 25.3. The van der Waals surface area contributed by atoms with E-state index in [1.165, 1.54) is 4.90 Å². The number of aliphatic hydroxyl groups is 1. The second-order valence-electron chi connectivity index (χ2n) is 8.61. The third-order valence-electron chi connectivity index (χ3n) is 6.13. The predicted octanol–water partition coefficient (Wildman–Crippen LogP) is 4.34. The molecule has 9 nitrogen and oxygen atoms in total. The van der Waals surface area contributed by atoms with Gasteiger partial charge in [-0.3, -0.25) is 9.69 Å². The SMILES string of the molecule is Cc1cc(N2C[C@H](CNC(=O)Oc3ccc(Cl)s3)OC2=O)ccc1N1CCCC(CCCO)C1=O. The van der Waals surface area contributed by atoms with Gasteiger partial charge < -0.3 is 24.8 Å². The van der Waals surface area contributed by atoms with E-state index in [2.05, 4.69) is 5.32 Å². The van der Waals surface area contributed by atoms with Gasteiger partial charge in [0.2, 0.25) is 5.91 Å². The van der Waals surface area contributed by atoms with Crippen molar-refractivity contribution in [1.82, 2.24) is 5.32 Å². The van der Waals surface area contributed by atoms with Gasteiger partial charge in [0, 0.05) is 30.4 Å². The van der Waals surface area contributed by atoms with E-state index in [1.807, 2.05) is 24.0 Å². The lowest BCUT2D eigenvalue weighted by molar-refractivity contribution is -0.124. The van der Waals surface area contributed by atoms with Crippen LogP contribution in [0.5, 0.6) is 5.06 Å². The van der Waals surface area contributed by atoms with Crippen molar-refractivity contribution in [3.05, 3.63) is 40.2 Å². The molecule has 0 aliphatic carbocycles. The van der Waals surface area contributed by atoms with Gasteiger partial charge in [-0.1, -0.05) is 22.9 Å². The molecule has 1 unspecified atom stereocenters. The molecule has 4 rings (SSSR count). The fraction of sp³-hybridized carbons (Fsp3) is 0.458. The number of rotatable bonds is 8. The molecule has 2 saturated heterocycles. The van der Waals surface area contributed by atoms with Crippen LogP contribution in [0, 0.1) is 12.8 Å². The number of hydrogen-bond donors (Lipinski definition) is 2. The molecule has 2 atom stereocenters. The van der Waals surface area contributed by atoms with E-state index in [4.69, 9.17) is 26.2 Å². The monoisotopic (exact) mass is 521 g/mol. The van der Waals surface area contributed by atoms with Crippen LogP contribution < -0.4 is 19.9 Å². The van der Waals surface area contributed by atoms with Crippen molar-refractivity contribution in [3.8, 4) is 5.06 Å². The van der Waals surface area contributed by atoms with Crippen molar-refractivity contribution >= 4 is 52.4 Å². The maximum atomic E-state index is 13.0. The standard InChI is InChI=1S/C24H28ClN3O6S/c1-15-12-17(6-7-19(15)27-10-2-4-16(22(27)30)5-3-11-29)28-14-18(33-24(28)32)13-26-23(31)34-21-9-8-20(25)35-21/h6-9,12,16,18,29H,2-5,10-11,13-14H2,1H3,(H,26,31)/t16?,18-/m0/s1. The maximum Gasteiger partial charge on any atom is 0.414 e. The number of aryl methyl sites for hydroxylation is 1. The highest BCUT2D eigenvalue weighted by Crippen LogP contribution is 2.33. The molecule has 35 heavy (non-hydrogen) atoms. The van der Waals surface area contributed by atoms with Crippen molar-refractivity contribution < 1.29 is 29.0 Å². The van der Waals surface area contributed by atoms with Gasteiger partial charge in [0.25, 0.3) is 0 Å². The summed E-state index contributed by atoms with van der Waals surface area (Å²) in [5.41, 5.74) is 2.37. The first-order valence-corrected chi connectivity index (χ1v) is 12.8. The molecule has 0 saturated carbocycles. The highest BCUT2D eigenvalue weighted by atomic mass is 35.5. The summed E-state index contributed by atoms with van der Waals surface area (Å²) >= 11 is 6.97. The molecule has 2 fully saturated rings. The Morgan fingerprint density at radius 3 is 2.83 bits per heavy atom.